The first-order chi connectivity index (χ1) is 9.65. The number of nitriles is 1. The van der Waals surface area contributed by atoms with Crippen LogP contribution in [0.15, 0.2) is 23.8 Å². The van der Waals surface area contributed by atoms with E-state index in [9.17, 15) is 4.79 Å². The predicted octanol–water partition coefficient (Wildman–Crippen LogP) is 2.88. The lowest BCUT2D eigenvalue weighted by Crippen LogP contribution is -2.28. The van der Waals surface area contributed by atoms with Gasteiger partial charge in [0.2, 0.25) is 0 Å². The molecule has 0 atom stereocenters. The van der Waals surface area contributed by atoms with Crippen LogP contribution in [0, 0.1) is 11.3 Å². The van der Waals surface area contributed by atoms with E-state index in [2.05, 4.69) is 0 Å². The van der Waals surface area contributed by atoms with Crippen LogP contribution in [-0.2, 0) is 4.79 Å². The van der Waals surface area contributed by atoms with Gasteiger partial charge >= 0.3 is 0 Å². The van der Waals surface area contributed by atoms with E-state index in [1.807, 2.05) is 6.07 Å². The summed E-state index contributed by atoms with van der Waals surface area (Å²) in [5, 5.41) is 9.62. The van der Waals surface area contributed by atoms with Gasteiger partial charge in [-0.25, -0.2) is 0 Å². The Labute approximate surface area is 123 Å². The van der Waals surface area contributed by atoms with Gasteiger partial charge in [0.1, 0.15) is 17.4 Å². The summed E-state index contributed by atoms with van der Waals surface area (Å²) in [6.45, 7) is 1.45. The first-order valence-electron chi connectivity index (χ1n) is 6.40. The summed E-state index contributed by atoms with van der Waals surface area (Å²) in [5.41, 5.74) is 0.841. The minimum absolute atomic E-state index is 0.133. The Balaban J connectivity index is 2.24. The van der Waals surface area contributed by atoms with Crippen LogP contribution >= 0.6 is 11.6 Å². The molecule has 4 nitrogen and oxygen atoms in total. The summed E-state index contributed by atoms with van der Waals surface area (Å²) in [5.74, 6) is 0.352. The van der Waals surface area contributed by atoms with E-state index in [4.69, 9.17) is 21.6 Å². The molecule has 1 fully saturated rings. The summed E-state index contributed by atoms with van der Waals surface area (Å²) < 4.78 is 5.07. The average molecular weight is 291 g/mol. The number of methoxy groups -OCH3 is 1. The molecule has 0 bridgehead atoms. The summed E-state index contributed by atoms with van der Waals surface area (Å²) in [6.07, 6.45) is 3.56. The second kappa shape index (κ2) is 6.44. The van der Waals surface area contributed by atoms with E-state index in [0.717, 1.165) is 25.9 Å². The van der Waals surface area contributed by atoms with Crippen LogP contribution in [0.3, 0.4) is 0 Å². The fraction of sp³-hybridized carbons (Fsp3) is 0.333. The van der Waals surface area contributed by atoms with Crippen molar-refractivity contribution in [2.45, 2.75) is 12.8 Å². The first kappa shape index (κ1) is 14.4. The van der Waals surface area contributed by atoms with Crippen molar-refractivity contribution in [2.24, 2.45) is 0 Å². The first-order valence-corrected chi connectivity index (χ1v) is 6.78. The van der Waals surface area contributed by atoms with Gasteiger partial charge in [-0.05, 0) is 36.6 Å². The maximum Gasteiger partial charge on any atom is 0.264 e. The molecule has 0 radical (unpaired) electrons. The molecule has 0 N–H and O–H groups in total. The highest BCUT2D eigenvalue weighted by atomic mass is 35.5. The molecule has 0 aliphatic carbocycles. The van der Waals surface area contributed by atoms with Gasteiger partial charge in [0.15, 0.2) is 0 Å². The molecule has 1 heterocycles. The van der Waals surface area contributed by atoms with Crippen molar-refractivity contribution < 1.29 is 9.53 Å². The van der Waals surface area contributed by atoms with Gasteiger partial charge in [-0.3, -0.25) is 4.79 Å². The van der Waals surface area contributed by atoms with Crippen molar-refractivity contribution in [1.29, 1.82) is 5.26 Å². The lowest BCUT2D eigenvalue weighted by molar-refractivity contribution is -0.125. The maximum atomic E-state index is 12.2. The number of ether oxygens (including phenoxy) is 1. The molecule has 1 aliphatic rings. The molecule has 0 spiro atoms. The average Bonchev–Trinajstić information content (AvgIpc) is 2.98. The van der Waals surface area contributed by atoms with Crippen LogP contribution in [0.4, 0.5) is 0 Å². The zero-order valence-electron chi connectivity index (χ0n) is 11.2. The molecule has 1 aliphatic heterocycles. The Morgan fingerprint density at radius 2 is 2.15 bits per heavy atom. The lowest BCUT2D eigenvalue weighted by atomic mass is 10.1. The van der Waals surface area contributed by atoms with Crippen LogP contribution in [-0.4, -0.2) is 31.0 Å². The van der Waals surface area contributed by atoms with Crippen LogP contribution in [0.1, 0.15) is 18.4 Å². The van der Waals surface area contributed by atoms with E-state index < -0.39 is 0 Å². The van der Waals surface area contributed by atoms with Gasteiger partial charge in [0.05, 0.1) is 12.1 Å². The fourth-order valence-electron chi connectivity index (χ4n) is 2.17. The zero-order chi connectivity index (χ0) is 14.5. The highest BCUT2D eigenvalue weighted by Gasteiger charge is 2.21. The van der Waals surface area contributed by atoms with Crippen LogP contribution < -0.4 is 4.74 Å². The summed E-state index contributed by atoms with van der Waals surface area (Å²) >= 11 is 6.03. The molecule has 1 aromatic carbocycles. The van der Waals surface area contributed by atoms with E-state index in [0.29, 0.717) is 16.3 Å². The van der Waals surface area contributed by atoms with Crippen LogP contribution in [0.2, 0.25) is 5.02 Å². The number of amides is 1. The van der Waals surface area contributed by atoms with Crippen molar-refractivity contribution in [3.05, 3.63) is 34.4 Å². The van der Waals surface area contributed by atoms with Crippen molar-refractivity contribution in [3.63, 3.8) is 0 Å². The molecule has 1 saturated heterocycles. The number of hydrogen-bond donors (Lipinski definition) is 0. The largest absolute Gasteiger partial charge is 0.495 e. The topological polar surface area (TPSA) is 53.3 Å². The Hall–Kier alpha value is -1.99. The molecule has 0 unspecified atom stereocenters. The third kappa shape index (κ3) is 3.12. The predicted molar refractivity (Wildman–Crippen MR) is 77.4 cm³/mol. The lowest BCUT2D eigenvalue weighted by Gasteiger charge is -2.14. The monoisotopic (exact) mass is 290 g/mol. The van der Waals surface area contributed by atoms with Crippen molar-refractivity contribution in [1.82, 2.24) is 4.90 Å². The zero-order valence-corrected chi connectivity index (χ0v) is 12.0. The minimum atomic E-state index is -0.211. The quantitative estimate of drug-likeness (QED) is 0.635. The summed E-state index contributed by atoms with van der Waals surface area (Å²) in [4.78, 5) is 13.9. The number of hydrogen-bond acceptors (Lipinski definition) is 3. The molecular formula is C15H15ClN2O2. The second-order valence-electron chi connectivity index (χ2n) is 4.56. The highest BCUT2D eigenvalue weighted by Crippen LogP contribution is 2.26. The van der Waals surface area contributed by atoms with Gasteiger partial charge in [0.25, 0.3) is 5.91 Å². The van der Waals surface area contributed by atoms with Crippen molar-refractivity contribution in [3.8, 4) is 11.8 Å². The summed E-state index contributed by atoms with van der Waals surface area (Å²) in [7, 11) is 1.54. The third-order valence-electron chi connectivity index (χ3n) is 3.23. The van der Waals surface area contributed by atoms with Crippen molar-refractivity contribution >= 4 is 23.6 Å². The number of benzene rings is 1. The van der Waals surface area contributed by atoms with Crippen LogP contribution in [0.5, 0.6) is 5.75 Å². The van der Waals surface area contributed by atoms with Crippen LogP contribution in [0.25, 0.3) is 6.08 Å². The Morgan fingerprint density at radius 3 is 2.70 bits per heavy atom. The number of halogens is 1. The third-order valence-corrected chi connectivity index (χ3v) is 3.53. The minimum Gasteiger partial charge on any atom is -0.495 e. The molecule has 5 heteroatoms. The van der Waals surface area contributed by atoms with Gasteiger partial charge in [-0.2, -0.15) is 5.26 Å². The van der Waals surface area contributed by atoms with Gasteiger partial charge in [-0.1, -0.05) is 17.7 Å². The van der Waals surface area contributed by atoms with E-state index in [1.165, 1.54) is 7.11 Å². The Morgan fingerprint density at radius 1 is 1.45 bits per heavy atom. The fourth-order valence-corrected chi connectivity index (χ4v) is 2.44. The number of nitrogens with zero attached hydrogens (tertiary/aromatic N) is 2. The van der Waals surface area contributed by atoms with Gasteiger partial charge < -0.3 is 9.64 Å². The summed E-state index contributed by atoms with van der Waals surface area (Å²) in [6, 6.07) is 7.12. The molecule has 2 rings (SSSR count). The smallest absolute Gasteiger partial charge is 0.264 e. The molecule has 20 heavy (non-hydrogen) atoms. The molecular weight excluding hydrogens is 276 g/mol. The van der Waals surface area contributed by atoms with Gasteiger partial charge in [-0.15, -0.1) is 0 Å². The van der Waals surface area contributed by atoms with Gasteiger partial charge in [0, 0.05) is 13.1 Å². The Bertz CT molecular complexity index is 584. The SMILES string of the molecule is COc1ccc(/C=C(\C#N)C(=O)N2CCCC2)cc1Cl. The molecule has 0 aromatic heterocycles. The van der Waals surface area contributed by atoms with E-state index >= 15 is 0 Å². The molecule has 104 valence electrons. The molecule has 0 saturated carbocycles. The maximum absolute atomic E-state index is 12.2. The highest BCUT2D eigenvalue weighted by molar-refractivity contribution is 6.32. The number of likely N-dealkylation sites (tertiary alicyclic amines) is 1. The number of carbonyl (C=O) groups is 1. The Kier molecular flexibility index (Phi) is 4.65. The van der Waals surface area contributed by atoms with E-state index in [-0.39, 0.29) is 11.5 Å². The number of carbonyl (C=O) groups excluding carboxylic acids is 1. The molecule has 1 aromatic rings. The molecule has 1 amide bonds. The standard InChI is InChI=1S/C15H15ClN2O2/c1-20-14-5-4-11(9-13(14)16)8-12(10-17)15(19)18-6-2-3-7-18/h4-5,8-9H,2-3,6-7H2,1H3/b12-8+. The normalized spacial score (nSPS) is 15.1. The van der Waals surface area contributed by atoms with E-state index in [1.54, 1.807) is 29.2 Å². The second-order valence-corrected chi connectivity index (χ2v) is 4.97. The number of rotatable bonds is 3. The van der Waals surface area contributed by atoms with Crippen molar-refractivity contribution in [2.75, 3.05) is 20.2 Å².